The smallest absolute Gasteiger partial charge is 0.382 e. The van der Waals surface area contributed by atoms with E-state index in [-0.39, 0.29) is 36.3 Å². The molecule has 5 rings (SSSR count). The van der Waals surface area contributed by atoms with Gasteiger partial charge in [0.1, 0.15) is 29.4 Å². The number of nitrogen functional groups attached to an aromatic ring is 1. The van der Waals surface area contributed by atoms with Gasteiger partial charge in [-0.05, 0) is 31.7 Å². The van der Waals surface area contributed by atoms with E-state index < -0.39 is 24.7 Å². The molecule has 4 aromatic rings. The number of nitrogens with one attached hydrogen (secondary N) is 1. The van der Waals surface area contributed by atoms with Crippen LogP contribution in [-0.2, 0) is 6.54 Å². The van der Waals surface area contributed by atoms with E-state index in [1.54, 1.807) is 29.3 Å². The quantitative estimate of drug-likeness (QED) is 0.410. The van der Waals surface area contributed by atoms with Gasteiger partial charge in [0.25, 0.3) is 5.92 Å². The number of aromatic nitrogens is 6. The molecule has 0 unspecified atom stereocenters. The number of halogens is 5. The third-order valence-electron chi connectivity index (χ3n) is 6.07. The standard InChI is InChI=1S/C21H22F5N9/c1-3-33-8-15(20(22,23)9-33)30-19-31-17(27)16-12(6-7-35(16)32-19)13-4-5-14-18(29-13)34(11(2)28-14)10-21(24,25)26/h4-7,15H,3,8-10H2,1-2H3,(H3,27,30,31,32)/t15-/m1/s1. The van der Waals surface area contributed by atoms with Gasteiger partial charge in [-0.15, -0.1) is 5.10 Å². The molecule has 0 radical (unpaired) electrons. The molecule has 1 atom stereocenters. The molecular weight excluding hydrogens is 473 g/mol. The predicted molar refractivity (Wildman–Crippen MR) is 119 cm³/mol. The number of rotatable bonds is 5. The average Bonchev–Trinajstić information content (AvgIpc) is 3.41. The number of anilines is 2. The van der Waals surface area contributed by atoms with Gasteiger partial charge in [0.05, 0.1) is 12.2 Å². The van der Waals surface area contributed by atoms with Gasteiger partial charge in [0.15, 0.2) is 11.5 Å². The molecule has 0 amide bonds. The Kier molecular flexibility index (Phi) is 5.30. The summed E-state index contributed by atoms with van der Waals surface area (Å²) in [5.74, 6) is -2.81. The fourth-order valence-corrected chi connectivity index (χ4v) is 4.37. The Bertz CT molecular complexity index is 1410. The summed E-state index contributed by atoms with van der Waals surface area (Å²) in [6.45, 7) is 2.35. The van der Waals surface area contributed by atoms with Crippen LogP contribution in [0.5, 0.6) is 0 Å². The first-order valence-electron chi connectivity index (χ1n) is 10.9. The average molecular weight is 495 g/mol. The van der Waals surface area contributed by atoms with Crippen molar-refractivity contribution in [3.8, 4) is 11.3 Å². The molecule has 0 bridgehead atoms. The third kappa shape index (κ3) is 4.22. The van der Waals surface area contributed by atoms with Gasteiger partial charge >= 0.3 is 6.18 Å². The van der Waals surface area contributed by atoms with Crippen molar-refractivity contribution < 1.29 is 22.0 Å². The zero-order valence-electron chi connectivity index (χ0n) is 18.8. The summed E-state index contributed by atoms with van der Waals surface area (Å²) in [5, 5.41) is 6.95. The van der Waals surface area contributed by atoms with Crippen molar-refractivity contribution in [2.45, 2.75) is 38.5 Å². The molecule has 0 saturated carbocycles. The Balaban J connectivity index is 1.51. The number of imidazole rings is 1. The summed E-state index contributed by atoms with van der Waals surface area (Å²) in [6.07, 6.45) is -2.88. The molecule has 1 saturated heterocycles. The van der Waals surface area contributed by atoms with Gasteiger partial charge in [-0.2, -0.15) is 18.2 Å². The van der Waals surface area contributed by atoms with Crippen LogP contribution in [-0.4, -0.2) is 71.8 Å². The van der Waals surface area contributed by atoms with Crippen molar-refractivity contribution in [2.75, 3.05) is 30.7 Å². The van der Waals surface area contributed by atoms with Crippen molar-refractivity contribution >= 4 is 28.4 Å². The number of likely N-dealkylation sites (N-methyl/N-ethyl adjacent to an activating group) is 1. The molecule has 0 spiro atoms. The number of aryl methyl sites for hydroxylation is 1. The normalized spacial score (nSPS) is 18.7. The second kappa shape index (κ2) is 8.00. The van der Waals surface area contributed by atoms with Crippen LogP contribution in [0.25, 0.3) is 27.9 Å². The highest BCUT2D eigenvalue weighted by molar-refractivity contribution is 5.88. The lowest BCUT2D eigenvalue weighted by Gasteiger charge is -2.19. The number of nitrogens with zero attached hydrogens (tertiary/aromatic N) is 7. The van der Waals surface area contributed by atoms with Gasteiger partial charge in [-0.25, -0.2) is 23.3 Å². The summed E-state index contributed by atoms with van der Waals surface area (Å²) in [7, 11) is 0. The van der Waals surface area contributed by atoms with Crippen LogP contribution in [0.4, 0.5) is 33.7 Å². The lowest BCUT2D eigenvalue weighted by atomic mass is 10.2. The highest BCUT2D eigenvalue weighted by Gasteiger charge is 2.48. The van der Waals surface area contributed by atoms with Gasteiger partial charge in [-0.1, -0.05) is 6.92 Å². The molecule has 4 aromatic heterocycles. The molecule has 0 aliphatic carbocycles. The third-order valence-corrected chi connectivity index (χ3v) is 6.07. The number of alkyl halides is 5. The summed E-state index contributed by atoms with van der Waals surface area (Å²) < 4.78 is 70.3. The molecule has 14 heteroatoms. The lowest BCUT2D eigenvalue weighted by Crippen LogP contribution is -2.38. The fraction of sp³-hybridized carbons (Fsp3) is 0.429. The Morgan fingerprint density at radius 3 is 2.63 bits per heavy atom. The molecule has 0 aromatic carbocycles. The number of hydrogen-bond donors (Lipinski definition) is 2. The predicted octanol–water partition coefficient (Wildman–Crippen LogP) is 3.35. The Morgan fingerprint density at radius 1 is 1.17 bits per heavy atom. The highest BCUT2D eigenvalue weighted by atomic mass is 19.4. The minimum absolute atomic E-state index is 0.0121. The Morgan fingerprint density at radius 2 is 1.94 bits per heavy atom. The number of likely N-dealkylation sites (tertiary alicyclic amines) is 1. The van der Waals surface area contributed by atoms with Crippen molar-refractivity contribution in [1.82, 2.24) is 34.0 Å². The van der Waals surface area contributed by atoms with E-state index in [1.165, 1.54) is 11.4 Å². The van der Waals surface area contributed by atoms with Gasteiger partial charge in [0, 0.05) is 18.3 Å². The second-order valence-corrected chi connectivity index (χ2v) is 8.53. The van der Waals surface area contributed by atoms with E-state index in [0.29, 0.717) is 28.8 Å². The Hall–Kier alpha value is -3.55. The number of nitrogens with two attached hydrogens (primary N) is 1. The van der Waals surface area contributed by atoms with E-state index in [4.69, 9.17) is 5.73 Å². The van der Waals surface area contributed by atoms with Crippen LogP contribution in [0.2, 0.25) is 0 Å². The summed E-state index contributed by atoms with van der Waals surface area (Å²) >= 11 is 0. The zero-order valence-corrected chi connectivity index (χ0v) is 18.8. The van der Waals surface area contributed by atoms with E-state index in [2.05, 4.69) is 25.4 Å². The number of fused-ring (bicyclic) bond motifs is 2. The lowest BCUT2D eigenvalue weighted by molar-refractivity contribution is -0.140. The topological polar surface area (TPSA) is 102 Å². The first-order chi connectivity index (χ1) is 16.4. The van der Waals surface area contributed by atoms with E-state index in [9.17, 15) is 22.0 Å². The molecule has 186 valence electrons. The minimum Gasteiger partial charge on any atom is -0.382 e. The fourth-order valence-electron chi connectivity index (χ4n) is 4.37. The molecule has 1 fully saturated rings. The molecule has 5 heterocycles. The molecule has 1 aliphatic rings. The SMILES string of the molecule is CCN1C[C@@H](Nc2nc(N)c3c(-c4ccc5nc(C)n(CC(F)(F)F)c5n4)ccn3n2)C(F)(F)C1. The molecule has 3 N–H and O–H groups in total. The molecule has 9 nitrogen and oxygen atoms in total. The zero-order chi connectivity index (χ0) is 25.1. The first kappa shape index (κ1) is 23.2. The molecule has 35 heavy (non-hydrogen) atoms. The number of hydrogen-bond acceptors (Lipinski definition) is 7. The van der Waals surface area contributed by atoms with Crippen LogP contribution >= 0.6 is 0 Å². The maximum absolute atomic E-state index is 14.4. The monoisotopic (exact) mass is 495 g/mol. The second-order valence-electron chi connectivity index (χ2n) is 8.53. The van der Waals surface area contributed by atoms with Crippen LogP contribution in [0.3, 0.4) is 0 Å². The first-order valence-corrected chi connectivity index (χ1v) is 10.9. The van der Waals surface area contributed by atoms with Gasteiger partial charge < -0.3 is 15.6 Å². The van der Waals surface area contributed by atoms with Gasteiger partial charge in [0.2, 0.25) is 5.95 Å². The molecule has 1 aliphatic heterocycles. The minimum atomic E-state index is -4.44. The van der Waals surface area contributed by atoms with Crippen molar-refractivity contribution in [2.24, 2.45) is 0 Å². The van der Waals surface area contributed by atoms with Crippen LogP contribution in [0.1, 0.15) is 12.7 Å². The van der Waals surface area contributed by atoms with Crippen molar-refractivity contribution in [1.29, 1.82) is 0 Å². The largest absolute Gasteiger partial charge is 0.406 e. The maximum atomic E-state index is 14.4. The summed E-state index contributed by atoms with van der Waals surface area (Å²) in [6, 6.07) is 3.66. The van der Waals surface area contributed by atoms with Gasteiger partial charge in [-0.3, -0.25) is 4.90 Å². The summed E-state index contributed by atoms with van der Waals surface area (Å²) in [5.41, 5.74) is 7.76. The maximum Gasteiger partial charge on any atom is 0.406 e. The van der Waals surface area contributed by atoms with E-state index in [1.807, 2.05) is 6.92 Å². The van der Waals surface area contributed by atoms with Crippen LogP contribution in [0.15, 0.2) is 24.4 Å². The van der Waals surface area contributed by atoms with E-state index >= 15 is 0 Å². The van der Waals surface area contributed by atoms with Crippen LogP contribution < -0.4 is 11.1 Å². The molecular formula is C21H22F5N9. The van der Waals surface area contributed by atoms with E-state index in [0.717, 1.165) is 4.57 Å². The van der Waals surface area contributed by atoms with Crippen molar-refractivity contribution in [3.05, 3.63) is 30.2 Å². The highest BCUT2D eigenvalue weighted by Crippen LogP contribution is 2.32. The van der Waals surface area contributed by atoms with Crippen LogP contribution in [0, 0.1) is 6.92 Å². The summed E-state index contributed by atoms with van der Waals surface area (Å²) in [4.78, 5) is 14.4. The van der Waals surface area contributed by atoms with Crippen molar-refractivity contribution in [3.63, 3.8) is 0 Å². The Labute approximate surface area is 195 Å². The number of pyridine rings is 1.